The predicted octanol–water partition coefficient (Wildman–Crippen LogP) is 4.42. The van der Waals surface area contributed by atoms with Crippen LogP contribution in [0.3, 0.4) is 0 Å². The minimum absolute atomic E-state index is 0.00677. The number of rotatable bonds is 9. The molecule has 41 heavy (non-hydrogen) atoms. The number of methoxy groups -OCH3 is 1. The lowest BCUT2D eigenvalue weighted by Gasteiger charge is -2.35. The standard InChI is InChI=1S/C28H30F2N6O4S/c1-17-16-40-11-10-36(17)28-21-13-19(20-5-3-6-22(25(20)30)35-41(37,38)12-4-9-29)14-23(39-2)26(21)33-27(34-28)18-7-8-24(31)32-15-18/h3,5-8,13-15,17,35H,4,9-12,16H2,1-2H3,(H2,31,32). The van der Waals surface area contributed by atoms with Crippen LogP contribution < -0.4 is 20.1 Å². The lowest BCUT2D eigenvalue weighted by atomic mass is 10.0. The minimum Gasteiger partial charge on any atom is -0.494 e. The summed E-state index contributed by atoms with van der Waals surface area (Å²) < 4.78 is 66.6. The van der Waals surface area contributed by atoms with Crippen molar-refractivity contribution in [2.75, 3.05) is 54.7 Å². The Morgan fingerprint density at radius 2 is 2.02 bits per heavy atom. The summed E-state index contributed by atoms with van der Waals surface area (Å²) in [5.74, 6) is 0.542. The van der Waals surface area contributed by atoms with Crippen LogP contribution in [0.2, 0.25) is 0 Å². The molecule has 10 nitrogen and oxygen atoms in total. The smallest absolute Gasteiger partial charge is 0.232 e. The first-order valence-corrected chi connectivity index (χ1v) is 14.7. The molecule has 13 heteroatoms. The van der Waals surface area contributed by atoms with Gasteiger partial charge in [0, 0.05) is 29.3 Å². The summed E-state index contributed by atoms with van der Waals surface area (Å²) in [7, 11) is -2.44. The van der Waals surface area contributed by atoms with Crippen LogP contribution >= 0.6 is 0 Å². The highest BCUT2D eigenvalue weighted by molar-refractivity contribution is 7.92. The number of nitrogens with one attached hydrogen (secondary N) is 1. The lowest BCUT2D eigenvalue weighted by Crippen LogP contribution is -2.44. The van der Waals surface area contributed by atoms with E-state index in [1.807, 2.05) is 6.92 Å². The quantitative estimate of drug-likeness (QED) is 0.293. The number of halogens is 2. The van der Waals surface area contributed by atoms with Crippen molar-refractivity contribution in [3.05, 3.63) is 54.5 Å². The van der Waals surface area contributed by atoms with Crippen LogP contribution in [0.4, 0.5) is 26.1 Å². The van der Waals surface area contributed by atoms with E-state index in [0.29, 0.717) is 65.0 Å². The molecule has 0 amide bonds. The van der Waals surface area contributed by atoms with Crippen LogP contribution in [0.1, 0.15) is 13.3 Å². The van der Waals surface area contributed by atoms with Crippen LogP contribution in [-0.2, 0) is 14.8 Å². The number of nitrogens with two attached hydrogens (primary N) is 1. The molecule has 2 aromatic carbocycles. The van der Waals surface area contributed by atoms with Gasteiger partial charge in [-0.05, 0) is 49.2 Å². The third kappa shape index (κ3) is 6.00. The molecular formula is C28H30F2N6O4S. The largest absolute Gasteiger partial charge is 0.494 e. The maximum absolute atomic E-state index is 15.8. The Hall–Kier alpha value is -4.10. The summed E-state index contributed by atoms with van der Waals surface area (Å²) in [5.41, 5.74) is 7.29. The fraction of sp³-hybridized carbons (Fsp3) is 0.321. The number of anilines is 3. The molecule has 1 atom stereocenters. The third-order valence-corrected chi connectivity index (χ3v) is 8.13. The number of hydrogen-bond donors (Lipinski definition) is 2. The summed E-state index contributed by atoms with van der Waals surface area (Å²) >= 11 is 0. The third-order valence-electron chi connectivity index (χ3n) is 6.77. The Kier molecular flexibility index (Phi) is 8.18. The first-order valence-electron chi connectivity index (χ1n) is 13.0. The molecule has 2 aromatic heterocycles. The van der Waals surface area contributed by atoms with E-state index in [-0.39, 0.29) is 23.7 Å². The second-order valence-corrected chi connectivity index (χ2v) is 11.5. The fourth-order valence-corrected chi connectivity index (χ4v) is 5.80. The van der Waals surface area contributed by atoms with Crippen molar-refractivity contribution in [2.45, 2.75) is 19.4 Å². The highest BCUT2D eigenvalue weighted by Crippen LogP contribution is 2.39. The van der Waals surface area contributed by atoms with Gasteiger partial charge >= 0.3 is 0 Å². The van der Waals surface area contributed by atoms with E-state index in [0.717, 1.165) is 0 Å². The van der Waals surface area contributed by atoms with Crippen LogP contribution in [0.5, 0.6) is 5.75 Å². The van der Waals surface area contributed by atoms with E-state index >= 15 is 4.39 Å². The molecule has 0 bridgehead atoms. The highest BCUT2D eigenvalue weighted by atomic mass is 32.2. The maximum atomic E-state index is 15.8. The zero-order valence-electron chi connectivity index (χ0n) is 22.6. The SMILES string of the molecule is COc1cc(-c2cccc(NS(=O)(=O)CCCF)c2F)cc2c(N3CCOCC3C)nc(-c3ccc(N)nc3)nc12. The highest BCUT2D eigenvalue weighted by Gasteiger charge is 2.26. The number of benzene rings is 2. The van der Waals surface area contributed by atoms with E-state index in [1.54, 1.807) is 42.6 Å². The van der Waals surface area contributed by atoms with Gasteiger partial charge in [-0.2, -0.15) is 0 Å². The van der Waals surface area contributed by atoms with Gasteiger partial charge in [-0.1, -0.05) is 12.1 Å². The molecule has 1 aliphatic rings. The average Bonchev–Trinajstić information content (AvgIpc) is 2.97. The number of fused-ring (bicyclic) bond motifs is 1. The van der Waals surface area contributed by atoms with Crippen molar-refractivity contribution in [1.82, 2.24) is 15.0 Å². The minimum atomic E-state index is -3.93. The molecule has 216 valence electrons. The van der Waals surface area contributed by atoms with E-state index in [1.165, 1.54) is 13.2 Å². The molecule has 3 N–H and O–H groups in total. The maximum Gasteiger partial charge on any atom is 0.232 e. The van der Waals surface area contributed by atoms with Crippen molar-refractivity contribution in [3.8, 4) is 28.3 Å². The van der Waals surface area contributed by atoms with Gasteiger partial charge in [0.1, 0.15) is 22.9 Å². The van der Waals surface area contributed by atoms with Crippen molar-refractivity contribution in [3.63, 3.8) is 0 Å². The molecule has 0 aliphatic carbocycles. The van der Waals surface area contributed by atoms with E-state index < -0.39 is 28.3 Å². The average molecular weight is 585 g/mol. The zero-order chi connectivity index (χ0) is 29.1. The van der Waals surface area contributed by atoms with Crippen LogP contribution in [-0.4, -0.2) is 68.7 Å². The first kappa shape index (κ1) is 28.4. The zero-order valence-corrected chi connectivity index (χ0v) is 23.4. The molecule has 0 radical (unpaired) electrons. The molecule has 1 aliphatic heterocycles. The number of alkyl halides is 1. The summed E-state index contributed by atoms with van der Waals surface area (Å²) in [6.07, 6.45) is 1.41. The molecule has 5 rings (SSSR count). The number of hydrogen-bond acceptors (Lipinski definition) is 9. The molecule has 0 spiro atoms. The van der Waals surface area contributed by atoms with Crippen LogP contribution in [0.25, 0.3) is 33.4 Å². The number of sulfonamides is 1. The Morgan fingerprint density at radius 3 is 2.73 bits per heavy atom. The summed E-state index contributed by atoms with van der Waals surface area (Å²) in [6.45, 7) is 2.81. The monoisotopic (exact) mass is 584 g/mol. The topological polar surface area (TPSA) is 133 Å². The van der Waals surface area contributed by atoms with Gasteiger partial charge < -0.3 is 20.1 Å². The predicted molar refractivity (Wildman–Crippen MR) is 155 cm³/mol. The number of nitrogen functional groups attached to an aromatic ring is 1. The van der Waals surface area contributed by atoms with Crippen molar-refractivity contribution in [2.24, 2.45) is 0 Å². The molecule has 4 aromatic rings. The molecule has 3 heterocycles. The number of ether oxygens (including phenoxy) is 2. The normalized spacial score (nSPS) is 15.7. The second kappa shape index (κ2) is 11.8. The van der Waals surface area contributed by atoms with Gasteiger partial charge in [0.15, 0.2) is 11.6 Å². The molecule has 1 unspecified atom stereocenters. The lowest BCUT2D eigenvalue weighted by molar-refractivity contribution is 0.0987. The summed E-state index contributed by atoms with van der Waals surface area (Å²) in [6, 6.07) is 11.3. The van der Waals surface area contributed by atoms with Crippen molar-refractivity contribution >= 4 is 38.2 Å². The van der Waals surface area contributed by atoms with Crippen molar-refractivity contribution < 1.29 is 26.7 Å². The molecule has 0 saturated carbocycles. The van der Waals surface area contributed by atoms with Gasteiger partial charge in [-0.3, -0.25) is 9.11 Å². The molecule has 1 saturated heterocycles. The fourth-order valence-electron chi connectivity index (χ4n) is 4.72. The van der Waals surface area contributed by atoms with Gasteiger partial charge in [-0.15, -0.1) is 0 Å². The second-order valence-electron chi connectivity index (χ2n) is 9.67. The van der Waals surface area contributed by atoms with Gasteiger partial charge in [0.05, 0.1) is 44.5 Å². The first-order chi connectivity index (χ1) is 19.7. The van der Waals surface area contributed by atoms with Crippen LogP contribution in [0, 0.1) is 5.82 Å². The number of aromatic nitrogens is 3. The van der Waals surface area contributed by atoms with Gasteiger partial charge in [0.25, 0.3) is 0 Å². The number of pyridine rings is 1. The Balaban J connectivity index is 1.68. The van der Waals surface area contributed by atoms with E-state index in [9.17, 15) is 12.8 Å². The van der Waals surface area contributed by atoms with Crippen molar-refractivity contribution in [1.29, 1.82) is 0 Å². The summed E-state index contributed by atoms with van der Waals surface area (Å²) in [4.78, 5) is 16.0. The number of morpholine rings is 1. The van der Waals surface area contributed by atoms with E-state index in [2.05, 4.69) is 14.6 Å². The van der Waals surface area contributed by atoms with Crippen LogP contribution in [0.15, 0.2) is 48.7 Å². The van der Waals surface area contributed by atoms with E-state index in [4.69, 9.17) is 25.2 Å². The van der Waals surface area contributed by atoms with Gasteiger partial charge in [-0.25, -0.2) is 27.8 Å². The summed E-state index contributed by atoms with van der Waals surface area (Å²) in [5, 5.41) is 0.619. The number of nitrogens with zero attached hydrogens (tertiary/aromatic N) is 4. The Morgan fingerprint density at radius 1 is 1.20 bits per heavy atom. The molecular weight excluding hydrogens is 554 g/mol. The van der Waals surface area contributed by atoms with Gasteiger partial charge in [0.2, 0.25) is 10.0 Å². The Labute approximate surface area is 236 Å². The Bertz CT molecular complexity index is 1670. The molecule has 1 fully saturated rings.